The van der Waals surface area contributed by atoms with Gasteiger partial charge in [-0.15, -0.1) is 0 Å². The molecule has 0 bridgehead atoms. The van der Waals surface area contributed by atoms with Crippen LogP contribution in [0.4, 0.5) is 5.82 Å². The molecule has 1 aromatic rings. The van der Waals surface area contributed by atoms with Crippen molar-refractivity contribution in [3.63, 3.8) is 0 Å². The summed E-state index contributed by atoms with van der Waals surface area (Å²) in [7, 11) is 0. The van der Waals surface area contributed by atoms with Gasteiger partial charge in [-0.25, -0.2) is 4.68 Å². The van der Waals surface area contributed by atoms with Gasteiger partial charge in [-0.3, -0.25) is 0 Å². The summed E-state index contributed by atoms with van der Waals surface area (Å²) in [5, 5.41) is 14.7. The lowest BCUT2D eigenvalue weighted by Crippen LogP contribution is -2.44. The molecule has 0 aromatic carbocycles. The molecule has 94 valence electrons. The lowest BCUT2D eigenvalue weighted by Gasteiger charge is -2.29. The Morgan fingerprint density at radius 1 is 1.35 bits per heavy atom. The smallest absolute Gasteiger partial charge is 0.124 e. The van der Waals surface area contributed by atoms with Gasteiger partial charge in [0.05, 0.1) is 12.2 Å². The van der Waals surface area contributed by atoms with E-state index in [4.69, 9.17) is 0 Å². The Labute approximate surface area is 102 Å². The number of anilines is 1. The van der Waals surface area contributed by atoms with E-state index in [0.717, 1.165) is 50.4 Å². The number of nitrogens with zero attached hydrogens (tertiary/aromatic N) is 2. The van der Waals surface area contributed by atoms with Crippen molar-refractivity contribution in [1.82, 2.24) is 20.4 Å². The third-order valence-electron chi connectivity index (χ3n) is 4.00. The molecule has 2 atom stereocenters. The maximum atomic E-state index is 4.40. The van der Waals surface area contributed by atoms with Crippen LogP contribution < -0.4 is 16.0 Å². The quantitative estimate of drug-likeness (QED) is 0.702. The highest BCUT2D eigenvalue weighted by atomic mass is 15.4. The summed E-state index contributed by atoms with van der Waals surface area (Å²) in [4.78, 5) is 0. The van der Waals surface area contributed by atoms with Crippen LogP contribution in [0.3, 0.4) is 0 Å². The number of nitrogens with one attached hydrogen (secondary N) is 3. The Balaban J connectivity index is 1.59. The fourth-order valence-corrected chi connectivity index (χ4v) is 2.56. The third kappa shape index (κ3) is 2.17. The standard InChI is InChI=1S/C12H21N5/c1-9-4-13-5-10(9)6-15-12-2-3-16-17(12)11-7-14-8-11/h2-3,9-11,13-15H,4-8H2,1H3/t9-,10+/m1/s1. The molecule has 3 N–H and O–H groups in total. The molecule has 0 unspecified atom stereocenters. The molecule has 0 spiro atoms. The van der Waals surface area contributed by atoms with Crippen LogP contribution in [-0.4, -0.2) is 42.5 Å². The molecule has 0 aliphatic carbocycles. The molecular weight excluding hydrogens is 214 g/mol. The molecule has 2 aliphatic heterocycles. The van der Waals surface area contributed by atoms with Gasteiger partial charge >= 0.3 is 0 Å². The first-order chi connectivity index (χ1) is 8.34. The Hall–Kier alpha value is -1.07. The van der Waals surface area contributed by atoms with Crippen LogP contribution in [0.15, 0.2) is 12.3 Å². The van der Waals surface area contributed by atoms with Crippen molar-refractivity contribution in [1.29, 1.82) is 0 Å². The summed E-state index contributed by atoms with van der Waals surface area (Å²) < 4.78 is 2.11. The van der Waals surface area contributed by atoms with Gasteiger partial charge in [-0.1, -0.05) is 6.92 Å². The average molecular weight is 235 g/mol. The average Bonchev–Trinajstić information content (AvgIpc) is 2.83. The lowest BCUT2D eigenvalue weighted by atomic mass is 9.98. The molecule has 5 heteroatoms. The first-order valence-electron chi connectivity index (χ1n) is 6.53. The van der Waals surface area contributed by atoms with Crippen molar-refractivity contribution in [3.05, 3.63) is 12.3 Å². The summed E-state index contributed by atoms with van der Waals surface area (Å²) in [6.45, 7) is 7.72. The number of rotatable bonds is 4. The first-order valence-corrected chi connectivity index (χ1v) is 6.53. The van der Waals surface area contributed by atoms with E-state index in [0.29, 0.717) is 6.04 Å². The Morgan fingerprint density at radius 2 is 2.18 bits per heavy atom. The zero-order chi connectivity index (χ0) is 11.7. The molecule has 3 rings (SSSR count). The highest BCUT2D eigenvalue weighted by molar-refractivity contribution is 5.35. The van der Waals surface area contributed by atoms with Crippen molar-refractivity contribution in [3.8, 4) is 0 Å². The minimum atomic E-state index is 0.534. The molecule has 2 saturated heterocycles. The molecular formula is C12H21N5. The SMILES string of the molecule is C[C@@H]1CNC[C@H]1CNc1ccnn1C1CNC1. The second-order valence-electron chi connectivity index (χ2n) is 5.25. The molecule has 0 amide bonds. The van der Waals surface area contributed by atoms with Crippen LogP contribution in [-0.2, 0) is 0 Å². The van der Waals surface area contributed by atoms with Gasteiger partial charge in [0, 0.05) is 25.7 Å². The van der Waals surface area contributed by atoms with E-state index in [1.807, 2.05) is 6.20 Å². The predicted octanol–water partition coefficient (Wildman–Crippen LogP) is 0.295. The Bertz CT molecular complexity index is 371. The maximum Gasteiger partial charge on any atom is 0.124 e. The molecule has 17 heavy (non-hydrogen) atoms. The summed E-state index contributed by atoms with van der Waals surface area (Å²) in [6, 6.07) is 2.61. The van der Waals surface area contributed by atoms with E-state index in [2.05, 4.69) is 38.7 Å². The number of hydrogen-bond acceptors (Lipinski definition) is 4. The van der Waals surface area contributed by atoms with Crippen LogP contribution in [0.5, 0.6) is 0 Å². The topological polar surface area (TPSA) is 53.9 Å². The van der Waals surface area contributed by atoms with E-state index in [1.54, 1.807) is 0 Å². The van der Waals surface area contributed by atoms with Gasteiger partial charge in [-0.2, -0.15) is 5.10 Å². The van der Waals surface area contributed by atoms with Gasteiger partial charge in [0.25, 0.3) is 0 Å². The van der Waals surface area contributed by atoms with E-state index in [1.165, 1.54) is 0 Å². The minimum Gasteiger partial charge on any atom is -0.370 e. The number of aromatic nitrogens is 2. The van der Waals surface area contributed by atoms with Crippen molar-refractivity contribution < 1.29 is 0 Å². The predicted molar refractivity (Wildman–Crippen MR) is 68.1 cm³/mol. The van der Waals surface area contributed by atoms with Crippen molar-refractivity contribution >= 4 is 5.82 Å². The Kier molecular flexibility index (Phi) is 3.03. The highest BCUT2D eigenvalue weighted by Gasteiger charge is 2.24. The van der Waals surface area contributed by atoms with Crippen LogP contribution in [0.2, 0.25) is 0 Å². The van der Waals surface area contributed by atoms with E-state index >= 15 is 0 Å². The first kappa shape index (κ1) is 11.0. The van der Waals surface area contributed by atoms with Crippen LogP contribution in [0.1, 0.15) is 13.0 Å². The van der Waals surface area contributed by atoms with Gasteiger partial charge in [-0.05, 0) is 24.9 Å². The normalized spacial score (nSPS) is 29.2. The summed E-state index contributed by atoms with van der Waals surface area (Å²) in [5.41, 5.74) is 0. The zero-order valence-electron chi connectivity index (χ0n) is 10.3. The fraction of sp³-hybridized carbons (Fsp3) is 0.750. The fourth-order valence-electron chi connectivity index (χ4n) is 2.56. The van der Waals surface area contributed by atoms with Gasteiger partial charge in [0.2, 0.25) is 0 Å². The van der Waals surface area contributed by atoms with Crippen molar-refractivity contribution in [2.75, 3.05) is 38.0 Å². The zero-order valence-corrected chi connectivity index (χ0v) is 10.3. The van der Waals surface area contributed by atoms with Gasteiger partial charge in [0.1, 0.15) is 5.82 Å². The molecule has 3 heterocycles. The van der Waals surface area contributed by atoms with E-state index < -0.39 is 0 Å². The third-order valence-corrected chi connectivity index (χ3v) is 4.00. The Morgan fingerprint density at radius 3 is 2.82 bits per heavy atom. The summed E-state index contributed by atoms with van der Waals surface area (Å²) >= 11 is 0. The molecule has 0 saturated carbocycles. The van der Waals surface area contributed by atoms with Gasteiger partial charge < -0.3 is 16.0 Å². The molecule has 2 aliphatic rings. The largest absolute Gasteiger partial charge is 0.370 e. The van der Waals surface area contributed by atoms with Crippen molar-refractivity contribution in [2.45, 2.75) is 13.0 Å². The lowest BCUT2D eigenvalue weighted by molar-refractivity contribution is 0.321. The maximum absolute atomic E-state index is 4.40. The van der Waals surface area contributed by atoms with Crippen LogP contribution in [0.25, 0.3) is 0 Å². The molecule has 0 radical (unpaired) electrons. The summed E-state index contributed by atoms with van der Waals surface area (Å²) in [6.07, 6.45) is 1.89. The van der Waals surface area contributed by atoms with Crippen LogP contribution >= 0.6 is 0 Å². The molecule has 5 nitrogen and oxygen atoms in total. The monoisotopic (exact) mass is 235 g/mol. The van der Waals surface area contributed by atoms with Crippen LogP contribution in [0, 0.1) is 11.8 Å². The second kappa shape index (κ2) is 4.66. The highest BCUT2D eigenvalue weighted by Crippen LogP contribution is 2.20. The minimum absolute atomic E-state index is 0.534. The van der Waals surface area contributed by atoms with E-state index in [-0.39, 0.29) is 0 Å². The van der Waals surface area contributed by atoms with Crippen molar-refractivity contribution in [2.24, 2.45) is 11.8 Å². The number of hydrogen-bond donors (Lipinski definition) is 3. The van der Waals surface area contributed by atoms with E-state index in [9.17, 15) is 0 Å². The molecule has 1 aromatic heterocycles. The second-order valence-corrected chi connectivity index (χ2v) is 5.25. The summed E-state index contributed by atoms with van der Waals surface area (Å²) in [5.74, 6) is 2.66. The van der Waals surface area contributed by atoms with Gasteiger partial charge in [0.15, 0.2) is 0 Å². The molecule has 2 fully saturated rings.